The average molecular weight is 326 g/mol. The number of hydrogen-bond donors (Lipinski definition) is 2. The van der Waals surface area contributed by atoms with Gasteiger partial charge in [-0.2, -0.15) is 0 Å². The Morgan fingerprint density at radius 3 is 2.88 bits per heavy atom. The molecule has 3 rings (SSSR count). The zero-order chi connectivity index (χ0) is 16.8. The van der Waals surface area contributed by atoms with E-state index >= 15 is 0 Å². The Morgan fingerprint density at radius 1 is 1.21 bits per heavy atom. The van der Waals surface area contributed by atoms with Gasteiger partial charge in [-0.3, -0.25) is 9.59 Å². The molecule has 0 fully saturated rings. The highest BCUT2D eigenvalue weighted by atomic mass is 16.4. The number of anilines is 1. The third-order valence-corrected chi connectivity index (χ3v) is 3.17. The van der Waals surface area contributed by atoms with Gasteiger partial charge in [0.15, 0.2) is 0 Å². The Balaban J connectivity index is 1.50. The first-order valence-corrected chi connectivity index (χ1v) is 7.19. The molecular formula is C16H14N4O4. The van der Waals surface area contributed by atoms with E-state index in [0.29, 0.717) is 22.7 Å². The minimum Gasteiger partial charge on any atom is -0.472 e. The number of rotatable bonds is 6. The monoisotopic (exact) mass is 326 g/mol. The number of carbonyl (C=O) groups is 2. The van der Waals surface area contributed by atoms with Crippen LogP contribution in [0.4, 0.5) is 5.69 Å². The fourth-order valence-corrected chi connectivity index (χ4v) is 2.04. The van der Waals surface area contributed by atoms with Crippen LogP contribution in [0.2, 0.25) is 0 Å². The minimum atomic E-state index is -0.282. The molecule has 2 N–H and O–H groups in total. The summed E-state index contributed by atoms with van der Waals surface area (Å²) in [6, 6.07) is 8.61. The van der Waals surface area contributed by atoms with Gasteiger partial charge in [0.1, 0.15) is 6.26 Å². The van der Waals surface area contributed by atoms with Crippen LogP contribution in [0.1, 0.15) is 16.8 Å². The number of amides is 2. The van der Waals surface area contributed by atoms with E-state index in [9.17, 15) is 9.59 Å². The molecule has 122 valence electrons. The quantitative estimate of drug-likeness (QED) is 0.717. The topological polar surface area (TPSA) is 110 Å². The molecule has 0 spiro atoms. The molecule has 1 aromatic carbocycles. The summed E-state index contributed by atoms with van der Waals surface area (Å²) >= 11 is 0. The Morgan fingerprint density at radius 2 is 2.12 bits per heavy atom. The van der Waals surface area contributed by atoms with Gasteiger partial charge in [-0.25, -0.2) is 0 Å². The zero-order valence-electron chi connectivity index (χ0n) is 12.6. The third-order valence-electron chi connectivity index (χ3n) is 3.17. The lowest BCUT2D eigenvalue weighted by atomic mass is 10.2. The number of furan rings is 1. The van der Waals surface area contributed by atoms with E-state index in [4.69, 9.17) is 8.83 Å². The van der Waals surface area contributed by atoms with Gasteiger partial charge in [0.05, 0.1) is 11.8 Å². The minimum absolute atomic E-state index is 0.147. The van der Waals surface area contributed by atoms with Crippen LogP contribution < -0.4 is 10.6 Å². The summed E-state index contributed by atoms with van der Waals surface area (Å²) in [6.45, 7) is 0.221. The highest BCUT2D eigenvalue weighted by Crippen LogP contribution is 2.20. The maximum Gasteiger partial charge on any atom is 0.254 e. The smallest absolute Gasteiger partial charge is 0.254 e. The molecule has 0 radical (unpaired) electrons. The molecule has 3 aromatic rings. The van der Waals surface area contributed by atoms with Gasteiger partial charge in [-0.15, -0.1) is 10.2 Å². The van der Waals surface area contributed by atoms with Crippen molar-refractivity contribution < 1.29 is 18.4 Å². The van der Waals surface area contributed by atoms with Gasteiger partial charge in [0.25, 0.3) is 5.91 Å². The molecule has 0 aliphatic rings. The van der Waals surface area contributed by atoms with Crippen molar-refractivity contribution in [2.75, 3.05) is 11.9 Å². The number of nitrogens with one attached hydrogen (secondary N) is 2. The van der Waals surface area contributed by atoms with E-state index in [1.807, 2.05) is 0 Å². The highest BCUT2D eigenvalue weighted by Gasteiger charge is 2.09. The summed E-state index contributed by atoms with van der Waals surface area (Å²) in [5.74, 6) is -0.126. The molecule has 0 aliphatic carbocycles. The maximum atomic E-state index is 11.9. The number of nitrogens with zero attached hydrogens (tertiary/aromatic N) is 2. The lowest BCUT2D eigenvalue weighted by Gasteiger charge is -2.07. The second-order valence-electron chi connectivity index (χ2n) is 4.89. The largest absolute Gasteiger partial charge is 0.472 e. The van der Waals surface area contributed by atoms with Crippen molar-refractivity contribution in [3.05, 3.63) is 54.8 Å². The fraction of sp³-hybridized carbons (Fsp3) is 0.125. The second-order valence-corrected chi connectivity index (χ2v) is 4.89. The van der Waals surface area contributed by atoms with E-state index in [0.717, 1.165) is 0 Å². The lowest BCUT2D eigenvalue weighted by Crippen LogP contribution is -2.27. The normalized spacial score (nSPS) is 10.3. The van der Waals surface area contributed by atoms with Crippen molar-refractivity contribution >= 4 is 17.5 Å². The van der Waals surface area contributed by atoms with Gasteiger partial charge in [-0.1, -0.05) is 6.07 Å². The van der Waals surface area contributed by atoms with Gasteiger partial charge < -0.3 is 19.5 Å². The zero-order valence-corrected chi connectivity index (χ0v) is 12.6. The van der Waals surface area contributed by atoms with Crippen molar-refractivity contribution in [1.82, 2.24) is 15.5 Å². The van der Waals surface area contributed by atoms with Crippen LogP contribution >= 0.6 is 0 Å². The van der Waals surface area contributed by atoms with Crippen LogP contribution in [0.5, 0.6) is 0 Å². The lowest BCUT2D eigenvalue weighted by molar-refractivity contribution is -0.116. The Labute approximate surface area is 136 Å². The van der Waals surface area contributed by atoms with Crippen molar-refractivity contribution in [1.29, 1.82) is 0 Å². The Bertz CT molecular complexity index is 812. The van der Waals surface area contributed by atoms with E-state index in [-0.39, 0.29) is 24.8 Å². The van der Waals surface area contributed by atoms with Gasteiger partial charge >= 0.3 is 0 Å². The SMILES string of the molecule is O=C(CCNC(=O)c1ccoc1)Nc1cccc(-c2nnco2)c1. The number of hydrogen-bond acceptors (Lipinski definition) is 6. The Kier molecular flexibility index (Phi) is 4.66. The van der Waals surface area contributed by atoms with E-state index < -0.39 is 0 Å². The Hall–Kier alpha value is -3.42. The van der Waals surface area contributed by atoms with E-state index in [2.05, 4.69) is 20.8 Å². The van der Waals surface area contributed by atoms with Crippen LogP contribution in [-0.2, 0) is 4.79 Å². The first-order valence-electron chi connectivity index (χ1n) is 7.19. The van der Waals surface area contributed by atoms with Crippen molar-refractivity contribution in [2.24, 2.45) is 0 Å². The molecule has 0 unspecified atom stereocenters. The van der Waals surface area contributed by atoms with Crippen LogP contribution in [0.25, 0.3) is 11.5 Å². The molecule has 8 heteroatoms. The summed E-state index contributed by atoms with van der Waals surface area (Å²) in [7, 11) is 0. The van der Waals surface area contributed by atoms with Crippen molar-refractivity contribution in [3.8, 4) is 11.5 Å². The average Bonchev–Trinajstić information content (AvgIpc) is 3.29. The van der Waals surface area contributed by atoms with Gasteiger partial charge in [0, 0.05) is 24.2 Å². The molecule has 0 saturated heterocycles. The summed E-state index contributed by atoms with van der Waals surface area (Å²) < 4.78 is 9.94. The van der Waals surface area contributed by atoms with Crippen LogP contribution in [-0.4, -0.2) is 28.6 Å². The van der Waals surface area contributed by atoms with Gasteiger partial charge in [-0.05, 0) is 24.3 Å². The number of carbonyl (C=O) groups excluding carboxylic acids is 2. The molecule has 0 atom stereocenters. The van der Waals surface area contributed by atoms with Gasteiger partial charge in [0.2, 0.25) is 18.2 Å². The van der Waals surface area contributed by atoms with Crippen LogP contribution in [0.15, 0.2) is 58.1 Å². The number of benzene rings is 1. The summed E-state index contributed by atoms with van der Waals surface area (Å²) in [5.41, 5.74) is 1.73. The molecule has 0 saturated carbocycles. The molecule has 2 aromatic heterocycles. The predicted octanol–water partition coefficient (Wildman–Crippen LogP) is 2.09. The molecule has 8 nitrogen and oxygen atoms in total. The molecule has 2 heterocycles. The number of aromatic nitrogens is 2. The molecule has 0 aliphatic heterocycles. The van der Waals surface area contributed by atoms with E-state index in [1.165, 1.54) is 18.9 Å². The highest BCUT2D eigenvalue weighted by molar-refractivity contribution is 5.95. The summed E-state index contributed by atoms with van der Waals surface area (Å²) in [4.78, 5) is 23.6. The third kappa shape index (κ3) is 3.86. The predicted molar refractivity (Wildman–Crippen MR) is 84.0 cm³/mol. The van der Waals surface area contributed by atoms with Crippen molar-refractivity contribution in [2.45, 2.75) is 6.42 Å². The first-order chi connectivity index (χ1) is 11.7. The van der Waals surface area contributed by atoms with E-state index in [1.54, 1.807) is 30.3 Å². The molecule has 2 amide bonds. The van der Waals surface area contributed by atoms with Crippen LogP contribution in [0.3, 0.4) is 0 Å². The summed E-state index contributed by atoms with van der Waals surface area (Å²) in [5, 5.41) is 12.8. The molecule has 24 heavy (non-hydrogen) atoms. The summed E-state index contributed by atoms with van der Waals surface area (Å²) in [6.07, 6.45) is 4.15. The van der Waals surface area contributed by atoms with Crippen LogP contribution in [0, 0.1) is 0 Å². The fourth-order valence-electron chi connectivity index (χ4n) is 2.04. The van der Waals surface area contributed by atoms with Crippen molar-refractivity contribution in [3.63, 3.8) is 0 Å². The maximum absolute atomic E-state index is 11.9. The standard InChI is InChI=1S/C16H14N4O4/c21-14(4-6-17-15(22)12-5-7-23-9-12)19-13-3-1-2-11(8-13)16-20-18-10-24-16/h1-3,5,7-10H,4,6H2,(H,17,22)(H,19,21). The second kappa shape index (κ2) is 7.23. The molecule has 0 bridgehead atoms. The first kappa shape index (κ1) is 15.5. The molecular weight excluding hydrogens is 312 g/mol.